The fourth-order valence-corrected chi connectivity index (χ4v) is 1.62. The maximum atomic E-state index is 5.57. The van der Waals surface area contributed by atoms with Crippen molar-refractivity contribution < 1.29 is 4.42 Å². The normalized spacial score (nSPS) is 23.1. The maximum Gasteiger partial charge on any atom is 0.107 e. The Hall–Kier alpha value is -0.760. The summed E-state index contributed by atoms with van der Waals surface area (Å²) in [5.74, 6) is 1.71. The van der Waals surface area contributed by atoms with Crippen LogP contribution in [0.5, 0.6) is 0 Å². The van der Waals surface area contributed by atoms with E-state index in [9.17, 15) is 0 Å². The van der Waals surface area contributed by atoms with Crippen molar-refractivity contribution in [2.75, 3.05) is 6.54 Å². The lowest BCUT2D eigenvalue weighted by Gasteiger charge is -2.02. The van der Waals surface area contributed by atoms with Gasteiger partial charge in [0.05, 0.1) is 6.26 Å². The smallest absolute Gasteiger partial charge is 0.107 e. The fraction of sp³-hybridized carbons (Fsp3) is 0.500. The summed E-state index contributed by atoms with van der Waals surface area (Å²) in [7, 11) is 0. The second kappa shape index (κ2) is 2.13. The Morgan fingerprint density at radius 3 is 3.40 bits per heavy atom. The highest BCUT2D eigenvalue weighted by Gasteiger charge is 2.23. The Bertz CT molecular complexity index is 229. The van der Waals surface area contributed by atoms with Gasteiger partial charge in [-0.2, -0.15) is 0 Å². The van der Waals surface area contributed by atoms with Crippen LogP contribution in [0.3, 0.4) is 0 Å². The van der Waals surface area contributed by atoms with Gasteiger partial charge in [-0.3, -0.25) is 0 Å². The summed E-state index contributed by atoms with van der Waals surface area (Å²) in [5.41, 5.74) is 6.90. The summed E-state index contributed by atoms with van der Waals surface area (Å²) in [5, 5.41) is 0. The summed E-state index contributed by atoms with van der Waals surface area (Å²) >= 11 is 0. The van der Waals surface area contributed by atoms with Crippen molar-refractivity contribution in [3.63, 3.8) is 0 Å². The van der Waals surface area contributed by atoms with Gasteiger partial charge in [0.25, 0.3) is 0 Å². The Labute approximate surface area is 60.0 Å². The van der Waals surface area contributed by atoms with Gasteiger partial charge in [-0.15, -0.1) is 0 Å². The van der Waals surface area contributed by atoms with Crippen LogP contribution >= 0.6 is 0 Å². The molecule has 2 heteroatoms. The molecule has 0 bridgehead atoms. The molecule has 2 nitrogen and oxygen atoms in total. The van der Waals surface area contributed by atoms with Crippen molar-refractivity contribution in [1.29, 1.82) is 0 Å². The number of aryl methyl sites for hydroxylation is 1. The molecule has 0 amide bonds. The third-order valence-electron chi connectivity index (χ3n) is 2.22. The lowest BCUT2D eigenvalue weighted by Crippen LogP contribution is -2.08. The van der Waals surface area contributed by atoms with Gasteiger partial charge in [0.1, 0.15) is 5.76 Å². The van der Waals surface area contributed by atoms with E-state index in [0.717, 1.165) is 18.7 Å². The first-order valence-electron chi connectivity index (χ1n) is 3.68. The van der Waals surface area contributed by atoms with Crippen LogP contribution in [-0.2, 0) is 6.42 Å². The number of hydrogen-bond acceptors (Lipinski definition) is 2. The molecule has 0 aromatic carbocycles. The first kappa shape index (κ1) is 5.98. The lowest BCUT2D eigenvalue weighted by atomic mass is 10.1. The Morgan fingerprint density at radius 2 is 2.60 bits per heavy atom. The van der Waals surface area contributed by atoms with Gasteiger partial charge in [-0.05, 0) is 30.5 Å². The number of furan rings is 1. The van der Waals surface area contributed by atoms with Gasteiger partial charge in [-0.25, -0.2) is 0 Å². The summed E-state index contributed by atoms with van der Waals surface area (Å²) in [6, 6.07) is 2.04. The molecule has 0 spiro atoms. The SMILES string of the molecule is NCC1CCc2occc21. The molecule has 54 valence electrons. The van der Waals surface area contributed by atoms with E-state index in [2.05, 4.69) is 0 Å². The van der Waals surface area contributed by atoms with Crippen LogP contribution < -0.4 is 5.73 Å². The Balaban J connectivity index is 2.34. The van der Waals surface area contributed by atoms with E-state index in [0.29, 0.717) is 5.92 Å². The molecule has 1 aliphatic carbocycles. The lowest BCUT2D eigenvalue weighted by molar-refractivity contribution is 0.514. The summed E-state index contributed by atoms with van der Waals surface area (Å²) in [6.07, 6.45) is 4.00. The van der Waals surface area contributed by atoms with Crippen LogP contribution in [0.1, 0.15) is 23.7 Å². The van der Waals surface area contributed by atoms with Crippen molar-refractivity contribution >= 4 is 0 Å². The number of rotatable bonds is 1. The van der Waals surface area contributed by atoms with Crippen molar-refractivity contribution in [2.45, 2.75) is 18.8 Å². The summed E-state index contributed by atoms with van der Waals surface area (Å²) in [4.78, 5) is 0. The molecule has 0 aliphatic heterocycles. The van der Waals surface area contributed by atoms with Gasteiger partial charge in [-0.1, -0.05) is 0 Å². The van der Waals surface area contributed by atoms with Gasteiger partial charge in [0.2, 0.25) is 0 Å². The predicted octanol–water partition coefficient (Wildman–Crippen LogP) is 1.27. The molecule has 0 radical (unpaired) electrons. The van der Waals surface area contributed by atoms with E-state index in [1.165, 1.54) is 12.0 Å². The largest absolute Gasteiger partial charge is 0.469 e. The van der Waals surface area contributed by atoms with Crippen molar-refractivity contribution in [1.82, 2.24) is 0 Å². The van der Waals surface area contributed by atoms with E-state index >= 15 is 0 Å². The molecule has 1 aromatic heterocycles. The van der Waals surface area contributed by atoms with Gasteiger partial charge in [0.15, 0.2) is 0 Å². The highest BCUT2D eigenvalue weighted by Crippen LogP contribution is 2.32. The summed E-state index contributed by atoms with van der Waals surface area (Å²) < 4.78 is 5.25. The van der Waals surface area contributed by atoms with Gasteiger partial charge < -0.3 is 10.2 Å². The maximum absolute atomic E-state index is 5.57. The van der Waals surface area contributed by atoms with Crippen LogP contribution in [0.25, 0.3) is 0 Å². The Kier molecular flexibility index (Phi) is 1.27. The fourth-order valence-electron chi connectivity index (χ4n) is 1.62. The van der Waals surface area contributed by atoms with Crippen LogP contribution in [-0.4, -0.2) is 6.54 Å². The average molecular weight is 137 g/mol. The number of nitrogens with two attached hydrogens (primary N) is 1. The van der Waals surface area contributed by atoms with E-state index < -0.39 is 0 Å². The van der Waals surface area contributed by atoms with Gasteiger partial charge in [0, 0.05) is 6.42 Å². The zero-order chi connectivity index (χ0) is 6.97. The molecule has 2 rings (SSSR count). The van der Waals surface area contributed by atoms with E-state index in [1.807, 2.05) is 6.07 Å². The second-order valence-electron chi connectivity index (χ2n) is 2.77. The molecule has 1 aromatic rings. The van der Waals surface area contributed by atoms with E-state index in [1.54, 1.807) is 6.26 Å². The van der Waals surface area contributed by atoms with E-state index in [4.69, 9.17) is 10.2 Å². The molecule has 10 heavy (non-hydrogen) atoms. The number of hydrogen-bond donors (Lipinski definition) is 1. The molecule has 0 saturated heterocycles. The molecule has 1 atom stereocenters. The first-order valence-corrected chi connectivity index (χ1v) is 3.68. The minimum atomic E-state index is 0.564. The molecule has 1 unspecified atom stereocenters. The minimum absolute atomic E-state index is 0.564. The predicted molar refractivity (Wildman–Crippen MR) is 38.8 cm³/mol. The Morgan fingerprint density at radius 1 is 1.70 bits per heavy atom. The third kappa shape index (κ3) is 0.688. The zero-order valence-electron chi connectivity index (χ0n) is 5.84. The van der Waals surface area contributed by atoms with Crippen LogP contribution in [0.4, 0.5) is 0 Å². The van der Waals surface area contributed by atoms with Crippen molar-refractivity contribution in [2.24, 2.45) is 5.73 Å². The first-order chi connectivity index (χ1) is 4.92. The molecule has 2 N–H and O–H groups in total. The standard InChI is InChI=1S/C8H11NO/c9-5-6-1-2-8-7(6)3-4-10-8/h3-4,6H,1-2,5,9H2. The molecule has 0 fully saturated rings. The monoisotopic (exact) mass is 137 g/mol. The molecular formula is C8H11NO. The quantitative estimate of drug-likeness (QED) is 0.633. The van der Waals surface area contributed by atoms with Gasteiger partial charge >= 0.3 is 0 Å². The molecule has 1 heterocycles. The topological polar surface area (TPSA) is 39.2 Å². The molecule has 0 saturated carbocycles. The zero-order valence-corrected chi connectivity index (χ0v) is 5.84. The molecule has 1 aliphatic rings. The van der Waals surface area contributed by atoms with Crippen LogP contribution in [0.15, 0.2) is 16.7 Å². The minimum Gasteiger partial charge on any atom is -0.469 e. The van der Waals surface area contributed by atoms with E-state index in [-0.39, 0.29) is 0 Å². The third-order valence-corrected chi connectivity index (χ3v) is 2.22. The number of fused-ring (bicyclic) bond motifs is 1. The highest BCUT2D eigenvalue weighted by atomic mass is 16.3. The highest BCUT2D eigenvalue weighted by molar-refractivity contribution is 5.27. The van der Waals surface area contributed by atoms with Crippen LogP contribution in [0.2, 0.25) is 0 Å². The van der Waals surface area contributed by atoms with Crippen molar-refractivity contribution in [3.8, 4) is 0 Å². The average Bonchev–Trinajstić information content (AvgIpc) is 2.44. The molecular weight excluding hydrogens is 126 g/mol. The second-order valence-corrected chi connectivity index (χ2v) is 2.77. The van der Waals surface area contributed by atoms with Crippen molar-refractivity contribution in [3.05, 3.63) is 23.7 Å². The van der Waals surface area contributed by atoms with Crippen LogP contribution in [0, 0.1) is 0 Å². The summed E-state index contributed by atoms with van der Waals surface area (Å²) in [6.45, 7) is 0.756.